The van der Waals surface area contributed by atoms with Gasteiger partial charge in [-0.15, -0.1) is 0 Å². The van der Waals surface area contributed by atoms with Gasteiger partial charge in [0.2, 0.25) is 11.6 Å². The summed E-state index contributed by atoms with van der Waals surface area (Å²) in [6, 6.07) is -1.29. The van der Waals surface area contributed by atoms with Crippen LogP contribution < -0.4 is 11.1 Å². The minimum Gasteiger partial charge on any atom is -0.478 e. The summed E-state index contributed by atoms with van der Waals surface area (Å²) in [6.07, 6.45) is -6.65. The van der Waals surface area contributed by atoms with Gasteiger partial charge in [0.1, 0.15) is 18.8 Å². The molecule has 1 amide bonds. The van der Waals surface area contributed by atoms with Crippen molar-refractivity contribution in [3.05, 3.63) is 0 Å². The number of amides is 1. The minimum atomic E-state index is -2.44. The topological polar surface area (TPSA) is 207 Å². The number of carbonyl (C=O) groups excluding carboxylic acids is 5. The molecule has 0 aliphatic carbocycles. The lowest BCUT2D eigenvalue weighted by atomic mass is 9.87. The Balaban J connectivity index is 3.60. The molecule has 0 aromatic carbocycles. The van der Waals surface area contributed by atoms with E-state index in [1.807, 2.05) is 0 Å². The Morgan fingerprint density at radius 3 is 2.00 bits per heavy atom. The molecule has 1 saturated heterocycles. The normalized spacial score (nSPS) is 26.2. The van der Waals surface area contributed by atoms with Crippen molar-refractivity contribution >= 4 is 35.8 Å². The van der Waals surface area contributed by atoms with Gasteiger partial charge in [-0.2, -0.15) is 0 Å². The summed E-state index contributed by atoms with van der Waals surface area (Å²) in [6.45, 7) is 4.70. The van der Waals surface area contributed by atoms with Crippen molar-refractivity contribution in [3.8, 4) is 0 Å². The largest absolute Gasteiger partial charge is 0.478 e. The minimum absolute atomic E-state index is 0.571. The standard InChI is InChI=1S/C19H28N2O12/c1-8(22)21-15-13(30-10(3)24)6-19(20,18(27)28)33-17(15)16(32-12(5)26)14(31-11(4)25)7-29-9(2)23/h13-17H,6-7,20H2,1-5H3,(H,21,22)(H,27,28)/t13-,14?,15-,16?,17?,19-/m1/s1. The van der Waals surface area contributed by atoms with Crippen LogP contribution in [0.25, 0.3) is 0 Å². The Morgan fingerprint density at radius 2 is 1.58 bits per heavy atom. The third-order valence-electron chi connectivity index (χ3n) is 4.42. The maximum absolute atomic E-state index is 11.9. The predicted octanol–water partition coefficient (Wildman–Crippen LogP) is -1.62. The van der Waals surface area contributed by atoms with Gasteiger partial charge in [0.25, 0.3) is 0 Å². The molecule has 0 radical (unpaired) electrons. The van der Waals surface area contributed by atoms with E-state index in [0.717, 1.165) is 34.6 Å². The SMILES string of the molecule is CC(=O)N[C@H]1C(C(OC(C)=O)C(COC(C)=O)OC(C)=O)O[C@@](N)(C(=O)O)C[C@H]1OC(C)=O. The summed E-state index contributed by atoms with van der Waals surface area (Å²) in [7, 11) is 0. The number of carboxylic acids is 1. The lowest BCUT2D eigenvalue weighted by Gasteiger charge is -2.47. The second-order valence-electron chi connectivity index (χ2n) is 7.38. The average molecular weight is 476 g/mol. The Kier molecular flexibility index (Phi) is 9.73. The van der Waals surface area contributed by atoms with E-state index in [9.17, 15) is 33.9 Å². The molecule has 1 rings (SSSR count). The molecule has 6 atom stereocenters. The van der Waals surface area contributed by atoms with Gasteiger partial charge < -0.3 is 34.1 Å². The lowest BCUT2D eigenvalue weighted by Crippen LogP contribution is -2.71. The van der Waals surface area contributed by atoms with E-state index >= 15 is 0 Å². The van der Waals surface area contributed by atoms with Crippen LogP contribution >= 0.6 is 0 Å². The van der Waals surface area contributed by atoms with E-state index in [1.165, 1.54) is 0 Å². The molecule has 0 aromatic rings. The Labute approximate surface area is 189 Å². The van der Waals surface area contributed by atoms with Crippen LogP contribution in [0.2, 0.25) is 0 Å². The lowest BCUT2D eigenvalue weighted by molar-refractivity contribution is -0.240. The van der Waals surface area contributed by atoms with Crippen molar-refractivity contribution in [2.45, 2.75) is 77.2 Å². The second-order valence-corrected chi connectivity index (χ2v) is 7.38. The van der Waals surface area contributed by atoms with Crippen LogP contribution in [0.1, 0.15) is 41.0 Å². The number of nitrogens with one attached hydrogen (secondary N) is 1. The molecule has 186 valence electrons. The summed E-state index contributed by atoms with van der Waals surface area (Å²) in [5.74, 6) is -5.60. The molecular weight excluding hydrogens is 448 g/mol. The van der Waals surface area contributed by atoms with Crippen LogP contribution in [0.4, 0.5) is 0 Å². The zero-order chi connectivity index (χ0) is 25.5. The molecule has 14 heteroatoms. The fourth-order valence-corrected chi connectivity index (χ4v) is 3.30. The number of hydrogen-bond donors (Lipinski definition) is 3. The van der Waals surface area contributed by atoms with E-state index in [4.69, 9.17) is 29.4 Å². The first-order chi connectivity index (χ1) is 15.2. The number of nitrogens with two attached hydrogens (primary N) is 1. The van der Waals surface area contributed by atoms with E-state index in [2.05, 4.69) is 5.32 Å². The fraction of sp³-hybridized carbons (Fsp3) is 0.684. The zero-order valence-electron chi connectivity index (χ0n) is 18.8. The third-order valence-corrected chi connectivity index (χ3v) is 4.42. The zero-order valence-corrected chi connectivity index (χ0v) is 18.8. The van der Waals surface area contributed by atoms with Crippen molar-refractivity contribution in [3.63, 3.8) is 0 Å². The summed E-state index contributed by atoms with van der Waals surface area (Å²) in [4.78, 5) is 70.2. The van der Waals surface area contributed by atoms with Crippen molar-refractivity contribution < 1.29 is 57.6 Å². The van der Waals surface area contributed by atoms with Crippen LogP contribution in [0.3, 0.4) is 0 Å². The quantitative estimate of drug-likeness (QED) is 0.253. The second kappa shape index (κ2) is 11.6. The molecule has 33 heavy (non-hydrogen) atoms. The molecule has 1 aliphatic heterocycles. The van der Waals surface area contributed by atoms with Gasteiger partial charge in [-0.05, 0) is 0 Å². The molecule has 1 fully saturated rings. The summed E-state index contributed by atoms with van der Waals surface area (Å²) in [5.41, 5.74) is 3.44. The van der Waals surface area contributed by atoms with Crippen molar-refractivity contribution in [1.82, 2.24) is 5.32 Å². The van der Waals surface area contributed by atoms with Gasteiger partial charge in [0.05, 0.1) is 6.04 Å². The highest BCUT2D eigenvalue weighted by Gasteiger charge is 2.56. The molecule has 0 bridgehead atoms. The Bertz CT molecular complexity index is 800. The average Bonchev–Trinajstić information content (AvgIpc) is 2.64. The van der Waals surface area contributed by atoms with E-state index in [0.29, 0.717) is 0 Å². The molecule has 0 aromatic heterocycles. The first-order valence-corrected chi connectivity index (χ1v) is 9.78. The Hall–Kier alpha value is -3.26. The van der Waals surface area contributed by atoms with Crippen molar-refractivity contribution in [2.75, 3.05) is 6.61 Å². The number of rotatable bonds is 9. The van der Waals surface area contributed by atoms with E-state index in [1.54, 1.807) is 0 Å². The first-order valence-electron chi connectivity index (χ1n) is 9.78. The molecule has 4 N–H and O–H groups in total. The number of ether oxygens (including phenoxy) is 5. The van der Waals surface area contributed by atoms with Gasteiger partial charge >= 0.3 is 29.8 Å². The van der Waals surface area contributed by atoms with E-state index < -0.39 is 85.0 Å². The van der Waals surface area contributed by atoms with Crippen LogP contribution in [0.5, 0.6) is 0 Å². The predicted molar refractivity (Wildman–Crippen MR) is 105 cm³/mol. The van der Waals surface area contributed by atoms with Gasteiger partial charge in [-0.25, -0.2) is 4.79 Å². The fourth-order valence-electron chi connectivity index (χ4n) is 3.30. The summed E-state index contributed by atoms with van der Waals surface area (Å²) in [5, 5.41) is 12.1. The van der Waals surface area contributed by atoms with Gasteiger partial charge in [-0.3, -0.25) is 29.7 Å². The molecule has 1 heterocycles. The van der Waals surface area contributed by atoms with E-state index in [-0.39, 0.29) is 0 Å². The number of esters is 4. The third kappa shape index (κ3) is 8.31. The van der Waals surface area contributed by atoms with Gasteiger partial charge in [0, 0.05) is 41.0 Å². The maximum atomic E-state index is 11.9. The highest BCUT2D eigenvalue weighted by atomic mass is 16.6. The number of hydrogen-bond acceptors (Lipinski definition) is 12. The molecule has 3 unspecified atom stereocenters. The highest BCUT2D eigenvalue weighted by Crippen LogP contribution is 2.32. The van der Waals surface area contributed by atoms with Crippen LogP contribution in [0.15, 0.2) is 0 Å². The number of carboxylic acid groups (broad SMARTS) is 1. The van der Waals surface area contributed by atoms with Crippen molar-refractivity contribution in [2.24, 2.45) is 5.73 Å². The van der Waals surface area contributed by atoms with Crippen LogP contribution in [-0.4, -0.2) is 83.6 Å². The smallest absolute Gasteiger partial charge is 0.351 e. The molecular formula is C19H28N2O12. The monoisotopic (exact) mass is 476 g/mol. The van der Waals surface area contributed by atoms with Crippen molar-refractivity contribution in [1.29, 1.82) is 0 Å². The Morgan fingerprint density at radius 1 is 1.00 bits per heavy atom. The summed E-state index contributed by atoms with van der Waals surface area (Å²) < 4.78 is 26.0. The summed E-state index contributed by atoms with van der Waals surface area (Å²) >= 11 is 0. The van der Waals surface area contributed by atoms with Gasteiger partial charge in [0.15, 0.2) is 12.2 Å². The molecule has 0 spiro atoms. The van der Waals surface area contributed by atoms with Crippen LogP contribution in [0, 0.1) is 0 Å². The highest BCUT2D eigenvalue weighted by molar-refractivity contribution is 5.78. The first kappa shape index (κ1) is 27.8. The maximum Gasteiger partial charge on any atom is 0.351 e. The van der Waals surface area contributed by atoms with Gasteiger partial charge in [-0.1, -0.05) is 0 Å². The number of aliphatic carboxylic acids is 1. The number of carbonyl (C=O) groups is 6. The van der Waals surface area contributed by atoms with Crippen LogP contribution in [-0.2, 0) is 52.5 Å². The molecule has 14 nitrogen and oxygen atoms in total. The molecule has 0 saturated carbocycles. The molecule has 1 aliphatic rings.